The Morgan fingerprint density at radius 3 is 1.63 bits per heavy atom. The normalized spacial score (nSPS) is 43.0. The first-order valence-corrected chi connectivity index (χ1v) is 34.0. The van der Waals surface area contributed by atoms with Gasteiger partial charge in [-0.2, -0.15) is 0 Å². The number of aliphatic hydroxyl groups is 2. The molecule has 10 heteroatoms. The molecule has 10 nitrogen and oxygen atoms in total. The summed E-state index contributed by atoms with van der Waals surface area (Å²) in [5, 5.41) is 24.0. The number of allylic oxidation sites excluding steroid dienone is 4. The fraction of sp³-hybridized carbons (Fsp3) is 0.703. The van der Waals surface area contributed by atoms with E-state index in [0.29, 0.717) is 89.6 Å². The Balaban J connectivity index is 0.000000172. The van der Waals surface area contributed by atoms with Crippen LogP contribution in [-0.2, 0) is 20.7 Å². The minimum Gasteiger partial charge on any atom is -0.393 e. The molecule has 0 radical (unpaired) electrons. The van der Waals surface area contributed by atoms with Gasteiger partial charge in [-0.05, 0) is 198 Å². The van der Waals surface area contributed by atoms with E-state index in [9.17, 15) is 19.8 Å². The number of piperidine rings is 2. The average Bonchev–Trinajstić information content (AvgIpc) is 1.64. The van der Waals surface area contributed by atoms with Gasteiger partial charge in [-0.3, -0.25) is 19.4 Å². The van der Waals surface area contributed by atoms with Crippen LogP contribution in [-0.4, -0.2) is 119 Å². The number of likely N-dealkylation sites (tertiary alicyclic amines) is 2. The van der Waals surface area contributed by atoms with E-state index in [-0.39, 0.29) is 46.6 Å². The number of nitrogens with one attached hydrogen (secondary N) is 1. The molecule has 1 amide bonds. The van der Waals surface area contributed by atoms with E-state index in [1.165, 1.54) is 63.5 Å². The Bertz CT molecular complexity index is 2930. The fourth-order valence-corrected chi connectivity index (χ4v) is 21.9. The van der Waals surface area contributed by atoms with Crippen molar-refractivity contribution in [3.05, 3.63) is 117 Å². The van der Waals surface area contributed by atoms with Gasteiger partial charge in [0, 0.05) is 80.7 Å². The lowest BCUT2D eigenvalue weighted by Crippen LogP contribution is -2.54. The molecule has 14 rings (SSSR count). The minimum absolute atomic E-state index is 0.0183. The minimum atomic E-state index is -0.179. The van der Waals surface area contributed by atoms with Crippen LogP contribution >= 0.6 is 0 Å². The predicted molar refractivity (Wildman–Crippen MR) is 334 cm³/mol. The highest BCUT2D eigenvalue weighted by Crippen LogP contribution is 2.67. The van der Waals surface area contributed by atoms with Gasteiger partial charge in [0.25, 0.3) is 0 Å². The molecule has 4 saturated heterocycles. The van der Waals surface area contributed by atoms with E-state index < -0.39 is 0 Å². The SMILES string of the molecule is CC1=C2C[C@H]3[C@@H](CC=C4C[C@@H](O)CC[C@@]43C)[C@@H]2CC[C@]12O[C@@H]1C[C@H](C)CN(CCN)[C@H]1[C@H]2C.CC1=C2C[C@H]3[C@@H](CC=C4C[C@@H](O)CC[C@@]43C)[C@@H]2CC[C@]12O[C@@H]1C[C@H](C)CN(CCNC(=O)CCc3ccc(C(=O)c4ccccc4)cc3)[C@H]1[C@H]2C. The molecule has 4 aliphatic heterocycles. The summed E-state index contributed by atoms with van der Waals surface area (Å²) in [4.78, 5) is 31.0. The lowest BCUT2D eigenvalue weighted by molar-refractivity contribution is -0.121. The number of nitrogens with zero attached hydrogens (tertiary/aromatic N) is 2. The number of ketones is 1. The zero-order valence-corrected chi connectivity index (χ0v) is 52.6. The van der Waals surface area contributed by atoms with Crippen LogP contribution < -0.4 is 11.1 Å². The molecule has 20 atom stereocenters. The van der Waals surface area contributed by atoms with Crippen molar-refractivity contribution in [2.45, 2.75) is 219 Å². The van der Waals surface area contributed by atoms with E-state index in [0.717, 1.165) is 107 Å². The maximum absolute atomic E-state index is 13.0. The highest BCUT2D eigenvalue weighted by atomic mass is 16.5. The van der Waals surface area contributed by atoms with Crippen LogP contribution in [0.15, 0.2) is 100 Å². The van der Waals surface area contributed by atoms with Crippen LogP contribution in [0, 0.1) is 70.0 Å². The Morgan fingerprint density at radius 2 is 1.13 bits per heavy atom. The monoisotopic (exact) mass is 1140 g/mol. The fourth-order valence-electron chi connectivity index (χ4n) is 21.9. The standard InChI is InChI=1S/C45H58N2O4.C29H46N2O2/c1-28-24-40-42(47(27-28)23-22-46-41(49)17-12-31-10-13-33(14-11-31)43(50)32-8-6-5-7-9-32)30(3)45(51-40)21-19-36-37-16-15-34-25-35(48)18-20-44(34,4)39(37)26-38(36)29(45)2;1-17-13-26-27(31(16-17)12-11-30)19(3)29(33-26)10-8-22-23-6-5-20-14-21(32)7-9-28(20,4)25(23)15-24(22)18(29)2/h5-11,13-15,28,30,35-37,39-40,42,48H,12,16-27H2,1-4H3,(H,46,49);5,17,19,21-23,25-27,32H,6-16,30H2,1-4H3/t28-,30+,35-,36-,37-,39-,40+,42-,44-,45-;17-,19+,21-,22-,23-,25-,26+,27-,28-,29-/m00/s1. The van der Waals surface area contributed by atoms with Crippen molar-refractivity contribution >= 4 is 11.7 Å². The van der Waals surface area contributed by atoms with Gasteiger partial charge in [0.1, 0.15) is 0 Å². The Labute approximate surface area is 504 Å². The molecule has 4 heterocycles. The molecule has 0 unspecified atom stereocenters. The number of rotatable bonds is 10. The van der Waals surface area contributed by atoms with Crippen molar-refractivity contribution < 1.29 is 29.3 Å². The van der Waals surface area contributed by atoms with Crippen LogP contribution in [0.4, 0.5) is 0 Å². The third kappa shape index (κ3) is 9.99. The number of benzene rings is 2. The van der Waals surface area contributed by atoms with Crippen molar-refractivity contribution in [1.82, 2.24) is 15.1 Å². The van der Waals surface area contributed by atoms with E-state index in [1.807, 2.05) is 54.6 Å². The molecule has 84 heavy (non-hydrogen) atoms. The van der Waals surface area contributed by atoms with Crippen molar-refractivity contribution in [3.63, 3.8) is 0 Å². The van der Waals surface area contributed by atoms with Gasteiger partial charge < -0.3 is 30.7 Å². The number of hydrogen-bond acceptors (Lipinski definition) is 9. The number of hydrogen-bond donors (Lipinski definition) is 4. The summed E-state index contributed by atoms with van der Waals surface area (Å²) in [5.41, 5.74) is 18.5. The van der Waals surface area contributed by atoms with Crippen molar-refractivity contribution in [2.75, 3.05) is 39.3 Å². The number of aliphatic hydroxyl groups excluding tert-OH is 2. The van der Waals surface area contributed by atoms with Crippen molar-refractivity contribution in [1.29, 1.82) is 0 Å². The highest BCUT2D eigenvalue weighted by Gasteiger charge is 2.64. The Kier molecular flexibility index (Phi) is 16.2. The first kappa shape index (κ1) is 59.2. The van der Waals surface area contributed by atoms with Crippen molar-refractivity contribution in [3.8, 4) is 0 Å². The Hall–Kier alpha value is -3.74. The van der Waals surface area contributed by atoms with E-state index in [2.05, 4.69) is 82.7 Å². The van der Waals surface area contributed by atoms with Crippen molar-refractivity contribution in [2.24, 2.45) is 75.7 Å². The molecule has 8 aliphatic carbocycles. The van der Waals surface area contributed by atoms with Crippen LogP contribution in [0.3, 0.4) is 0 Å². The third-order valence-electron chi connectivity index (χ3n) is 26.2. The van der Waals surface area contributed by atoms with Gasteiger partial charge in [-0.1, -0.05) is 131 Å². The third-order valence-corrected chi connectivity index (χ3v) is 26.2. The zero-order valence-electron chi connectivity index (χ0n) is 52.6. The summed E-state index contributed by atoms with van der Waals surface area (Å²) < 4.78 is 14.5. The second-order valence-electron chi connectivity index (χ2n) is 30.5. The van der Waals surface area contributed by atoms with Gasteiger partial charge >= 0.3 is 0 Å². The topological polar surface area (TPSA) is 138 Å². The average molecular weight is 1150 g/mol. The molecular formula is C74H104N4O6. The predicted octanol–water partition coefficient (Wildman–Crippen LogP) is 12.4. The summed E-state index contributed by atoms with van der Waals surface area (Å²) in [7, 11) is 0. The number of nitrogens with two attached hydrogens (primary N) is 1. The molecule has 4 saturated carbocycles. The second kappa shape index (κ2) is 23.0. The summed E-state index contributed by atoms with van der Waals surface area (Å²) in [6.07, 6.45) is 24.5. The van der Waals surface area contributed by atoms with Gasteiger partial charge in [0.05, 0.1) is 35.6 Å². The number of ether oxygens (including phenoxy) is 2. The number of amides is 1. The summed E-state index contributed by atoms with van der Waals surface area (Å²) in [5.74, 6) is 6.69. The molecular weight excluding hydrogens is 1040 g/mol. The lowest BCUT2D eigenvalue weighted by atomic mass is 9.56. The van der Waals surface area contributed by atoms with Crippen LogP contribution in [0.5, 0.6) is 0 Å². The molecule has 2 aromatic carbocycles. The maximum atomic E-state index is 13.0. The number of carbonyl (C=O) groups excluding carboxylic acids is 2. The summed E-state index contributed by atoms with van der Waals surface area (Å²) >= 11 is 0. The maximum Gasteiger partial charge on any atom is 0.220 e. The smallest absolute Gasteiger partial charge is 0.220 e. The molecule has 2 aromatic rings. The quantitative estimate of drug-likeness (QED) is 0.135. The van der Waals surface area contributed by atoms with Gasteiger partial charge in [0.2, 0.25) is 5.91 Å². The van der Waals surface area contributed by atoms with Gasteiger partial charge in [-0.15, -0.1) is 0 Å². The number of aryl methyl sites for hydroxylation is 1. The first-order valence-electron chi connectivity index (χ1n) is 34.0. The van der Waals surface area contributed by atoms with Crippen LogP contribution in [0.1, 0.15) is 186 Å². The van der Waals surface area contributed by atoms with E-state index >= 15 is 0 Å². The molecule has 12 aliphatic rings. The molecule has 456 valence electrons. The molecule has 2 spiro atoms. The number of fused-ring (bicyclic) bond motifs is 12. The van der Waals surface area contributed by atoms with Crippen LogP contribution in [0.25, 0.3) is 0 Å². The molecule has 0 bridgehead atoms. The zero-order chi connectivity index (χ0) is 58.6. The van der Waals surface area contributed by atoms with Gasteiger partial charge in [0.15, 0.2) is 5.78 Å². The Morgan fingerprint density at radius 1 is 0.643 bits per heavy atom. The largest absolute Gasteiger partial charge is 0.393 e. The lowest BCUT2D eigenvalue weighted by Gasteiger charge is -2.49. The molecule has 5 N–H and O–H groups in total. The number of carbonyl (C=O) groups is 2. The second-order valence-corrected chi connectivity index (χ2v) is 30.5. The van der Waals surface area contributed by atoms with Gasteiger partial charge in [-0.25, -0.2) is 0 Å². The molecule has 0 aromatic heterocycles. The van der Waals surface area contributed by atoms with E-state index in [1.54, 1.807) is 27.9 Å². The first-order chi connectivity index (χ1) is 40.3. The molecule has 8 fully saturated rings. The van der Waals surface area contributed by atoms with Crippen LogP contribution in [0.2, 0.25) is 0 Å². The summed E-state index contributed by atoms with van der Waals surface area (Å²) in [6.45, 7) is 25.1. The summed E-state index contributed by atoms with van der Waals surface area (Å²) in [6, 6.07) is 17.9. The highest BCUT2D eigenvalue weighted by molar-refractivity contribution is 6.08. The van der Waals surface area contributed by atoms with E-state index in [4.69, 9.17) is 15.2 Å².